The maximum atomic E-state index is 11.1. The van der Waals surface area contributed by atoms with E-state index in [0.29, 0.717) is 17.9 Å². The van der Waals surface area contributed by atoms with Crippen LogP contribution in [-0.2, 0) is 9.53 Å². The lowest BCUT2D eigenvalue weighted by Crippen LogP contribution is -2.43. The van der Waals surface area contributed by atoms with E-state index in [1.165, 1.54) is 18.2 Å². The van der Waals surface area contributed by atoms with E-state index in [9.17, 15) is 4.79 Å². The zero-order chi connectivity index (χ0) is 20.1. The average Bonchev–Trinajstić information content (AvgIpc) is 3.38. The maximum absolute atomic E-state index is 11.1. The van der Waals surface area contributed by atoms with Gasteiger partial charge in [0.05, 0.1) is 18.8 Å². The highest BCUT2D eigenvalue weighted by Gasteiger charge is 2.43. The van der Waals surface area contributed by atoms with Gasteiger partial charge in [-0.15, -0.1) is 11.8 Å². The van der Waals surface area contributed by atoms with Crippen LogP contribution in [0.1, 0.15) is 38.5 Å². The Morgan fingerprint density at radius 2 is 2.03 bits per heavy atom. The molecule has 0 radical (unpaired) electrons. The highest BCUT2D eigenvalue weighted by molar-refractivity contribution is 8.03. The number of rotatable bonds is 8. The number of nitrogens with one attached hydrogen (secondary N) is 1. The summed E-state index contributed by atoms with van der Waals surface area (Å²) in [7, 11) is 0. The molecule has 2 heterocycles. The number of carbonyl (C=O) groups is 1. The third-order valence-corrected chi connectivity index (χ3v) is 7.14. The molecule has 6 heteroatoms. The van der Waals surface area contributed by atoms with Crippen molar-refractivity contribution in [2.75, 3.05) is 6.61 Å². The summed E-state index contributed by atoms with van der Waals surface area (Å²) >= 11 is 1.54. The minimum Gasteiger partial charge on any atom is -0.494 e. The molecular weight excluding hydrogens is 386 g/mol. The number of para-hydroxylation sites is 1. The molecule has 2 fully saturated rings. The van der Waals surface area contributed by atoms with Crippen molar-refractivity contribution in [2.45, 2.75) is 56.1 Å². The van der Waals surface area contributed by atoms with E-state index in [4.69, 9.17) is 14.6 Å². The minimum atomic E-state index is -0.895. The number of thioether (sulfide) groups is 1. The Labute approximate surface area is 176 Å². The monoisotopic (exact) mass is 415 g/mol. The van der Waals surface area contributed by atoms with Crippen LogP contribution < -0.4 is 10.1 Å². The second-order valence-electron chi connectivity index (χ2n) is 7.96. The van der Waals surface area contributed by atoms with Crippen molar-refractivity contribution in [1.82, 2.24) is 5.32 Å². The van der Waals surface area contributed by atoms with Crippen LogP contribution in [0.4, 0.5) is 0 Å². The van der Waals surface area contributed by atoms with Crippen molar-refractivity contribution in [3.8, 4) is 5.75 Å². The molecule has 5 atom stereocenters. The second-order valence-corrected chi connectivity index (χ2v) is 8.98. The zero-order valence-corrected chi connectivity index (χ0v) is 17.4. The average molecular weight is 416 g/mol. The van der Waals surface area contributed by atoms with Crippen molar-refractivity contribution in [1.29, 1.82) is 0 Å². The van der Waals surface area contributed by atoms with Crippen LogP contribution in [0.2, 0.25) is 0 Å². The lowest BCUT2D eigenvalue weighted by molar-refractivity contribution is -0.133. The summed E-state index contributed by atoms with van der Waals surface area (Å²) in [5.74, 6) is 1.24. The van der Waals surface area contributed by atoms with Crippen molar-refractivity contribution in [3.63, 3.8) is 0 Å². The van der Waals surface area contributed by atoms with Crippen LogP contribution in [0.5, 0.6) is 5.75 Å². The SMILES string of the molecule is O=C(O)C1=CSC(C2CC[C@@H]3C(/C=C/CCCOc4ccccc4)CC[C@@H]3O2)N1. The molecule has 156 valence electrons. The van der Waals surface area contributed by atoms with E-state index >= 15 is 0 Å². The van der Waals surface area contributed by atoms with Crippen molar-refractivity contribution >= 4 is 17.7 Å². The standard InChI is InChI=1S/C23H29NO4S/c25-23(26)19-15-29-22(24-19)21-13-11-18-16(10-12-20(18)28-21)7-3-2-6-14-27-17-8-4-1-5-9-17/h1,3-5,7-9,15-16,18,20-22,24H,2,6,10-14H2,(H,25,26)/b7-3+/t16?,18-,20+,21?,22?/m1/s1. The summed E-state index contributed by atoms with van der Waals surface area (Å²) in [4.78, 5) is 11.1. The lowest BCUT2D eigenvalue weighted by Gasteiger charge is -2.36. The molecule has 1 aromatic carbocycles. The quantitative estimate of drug-likeness (QED) is 0.479. The molecule has 1 aromatic rings. The first kappa shape index (κ1) is 20.4. The van der Waals surface area contributed by atoms with Crippen molar-refractivity contribution < 1.29 is 19.4 Å². The molecule has 0 spiro atoms. The molecule has 29 heavy (non-hydrogen) atoms. The van der Waals surface area contributed by atoms with Crippen LogP contribution in [0.3, 0.4) is 0 Å². The van der Waals surface area contributed by atoms with Gasteiger partial charge in [-0.1, -0.05) is 30.4 Å². The van der Waals surface area contributed by atoms with Gasteiger partial charge in [-0.3, -0.25) is 0 Å². The molecule has 3 unspecified atom stereocenters. The predicted octanol–water partition coefficient (Wildman–Crippen LogP) is 4.56. The van der Waals surface area contributed by atoms with Gasteiger partial charge in [-0.25, -0.2) is 4.79 Å². The van der Waals surface area contributed by atoms with Gasteiger partial charge in [0.2, 0.25) is 0 Å². The number of carboxylic acid groups (broad SMARTS) is 1. The van der Waals surface area contributed by atoms with E-state index < -0.39 is 5.97 Å². The van der Waals surface area contributed by atoms with E-state index in [1.54, 1.807) is 5.41 Å². The summed E-state index contributed by atoms with van der Waals surface area (Å²) in [5.41, 5.74) is 0.286. The molecule has 1 saturated heterocycles. The number of fused-ring (bicyclic) bond motifs is 1. The van der Waals surface area contributed by atoms with E-state index in [0.717, 1.165) is 44.5 Å². The molecule has 3 aliphatic rings. The Bertz CT molecular complexity index is 751. The highest BCUT2D eigenvalue weighted by atomic mass is 32.2. The van der Waals surface area contributed by atoms with Crippen LogP contribution in [-0.4, -0.2) is 35.3 Å². The van der Waals surface area contributed by atoms with Gasteiger partial charge >= 0.3 is 5.97 Å². The van der Waals surface area contributed by atoms with Gasteiger partial charge in [-0.2, -0.15) is 0 Å². The van der Waals surface area contributed by atoms with Gasteiger partial charge < -0.3 is 19.9 Å². The Hall–Kier alpha value is -1.92. The highest BCUT2D eigenvalue weighted by Crippen LogP contribution is 2.44. The molecule has 0 aromatic heterocycles. The summed E-state index contributed by atoms with van der Waals surface area (Å²) in [6.07, 6.45) is 11.6. The van der Waals surface area contributed by atoms with Gasteiger partial charge in [-0.05, 0) is 62.5 Å². The van der Waals surface area contributed by atoms with E-state index in [-0.39, 0.29) is 17.2 Å². The lowest BCUT2D eigenvalue weighted by atomic mass is 9.86. The first-order chi connectivity index (χ1) is 14.2. The topological polar surface area (TPSA) is 67.8 Å². The first-order valence-corrected chi connectivity index (χ1v) is 11.5. The molecule has 1 saturated carbocycles. The fourth-order valence-electron chi connectivity index (χ4n) is 4.57. The van der Waals surface area contributed by atoms with Gasteiger partial charge in [0.25, 0.3) is 0 Å². The van der Waals surface area contributed by atoms with Crippen LogP contribution in [0.15, 0.2) is 53.6 Å². The van der Waals surface area contributed by atoms with Gasteiger partial charge in [0.15, 0.2) is 0 Å². The van der Waals surface area contributed by atoms with Gasteiger partial charge in [0.1, 0.15) is 16.8 Å². The molecule has 1 aliphatic carbocycles. The van der Waals surface area contributed by atoms with Gasteiger partial charge in [0, 0.05) is 5.41 Å². The summed E-state index contributed by atoms with van der Waals surface area (Å²) in [6, 6.07) is 9.96. The number of unbranched alkanes of at least 4 members (excludes halogenated alkanes) is 1. The van der Waals surface area contributed by atoms with Crippen LogP contribution in [0, 0.1) is 11.8 Å². The summed E-state index contributed by atoms with van der Waals surface area (Å²) < 4.78 is 12.1. The molecule has 2 N–H and O–H groups in total. The molecule has 5 nitrogen and oxygen atoms in total. The minimum absolute atomic E-state index is 0.0289. The fourth-order valence-corrected chi connectivity index (χ4v) is 5.60. The number of carboxylic acids is 1. The summed E-state index contributed by atoms with van der Waals surface area (Å²) in [6.45, 7) is 0.744. The number of ether oxygens (including phenoxy) is 2. The number of aliphatic carboxylic acids is 1. The fraction of sp³-hybridized carbons (Fsp3) is 0.522. The van der Waals surface area contributed by atoms with Crippen molar-refractivity contribution in [3.05, 3.63) is 53.6 Å². The number of hydrogen-bond donors (Lipinski definition) is 2. The normalized spacial score (nSPS) is 31.3. The van der Waals surface area contributed by atoms with Crippen LogP contribution in [0.25, 0.3) is 0 Å². The largest absolute Gasteiger partial charge is 0.494 e. The molecular formula is C23H29NO4S. The van der Waals surface area contributed by atoms with Crippen LogP contribution >= 0.6 is 11.8 Å². The third-order valence-electron chi connectivity index (χ3n) is 6.05. The Morgan fingerprint density at radius 1 is 1.21 bits per heavy atom. The summed E-state index contributed by atoms with van der Waals surface area (Å²) in [5, 5.41) is 13.9. The Kier molecular flexibility index (Phi) is 6.82. The Morgan fingerprint density at radius 3 is 2.83 bits per heavy atom. The Balaban J connectivity index is 1.17. The zero-order valence-electron chi connectivity index (χ0n) is 16.5. The molecule has 0 amide bonds. The third kappa shape index (κ3) is 5.17. The second kappa shape index (κ2) is 9.72. The van der Waals surface area contributed by atoms with Crippen molar-refractivity contribution in [2.24, 2.45) is 11.8 Å². The van der Waals surface area contributed by atoms with E-state index in [2.05, 4.69) is 17.5 Å². The number of allylic oxidation sites excluding steroid dienone is 2. The predicted molar refractivity (Wildman–Crippen MR) is 115 cm³/mol. The number of benzene rings is 1. The molecule has 0 bridgehead atoms. The number of hydrogen-bond acceptors (Lipinski definition) is 5. The molecule has 4 rings (SSSR count). The smallest absolute Gasteiger partial charge is 0.352 e. The molecule has 2 aliphatic heterocycles. The first-order valence-electron chi connectivity index (χ1n) is 10.6. The van der Waals surface area contributed by atoms with E-state index in [1.807, 2.05) is 30.3 Å². The maximum Gasteiger partial charge on any atom is 0.352 e.